The predicted octanol–water partition coefficient (Wildman–Crippen LogP) is 2.62. The van der Waals surface area contributed by atoms with E-state index < -0.39 is 20.0 Å². The van der Waals surface area contributed by atoms with Crippen molar-refractivity contribution in [1.29, 1.82) is 0 Å². The van der Waals surface area contributed by atoms with Crippen LogP contribution in [0.3, 0.4) is 0 Å². The third kappa shape index (κ3) is 5.05. The van der Waals surface area contributed by atoms with Crippen LogP contribution in [0, 0.1) is 20.8 Å². The van der Waals surface area contributed by atoms with Gasteiger partial charge >= 0.3 is 0 Å². The maximum atomic E-state index is 13.2. The van der Waals surface area contributed by atoms with E-state index in [1.54, 1.807) is 45.0 Å². The number of hydrogen-bond donors (Lipinski definition) is 2. The highest BCUT2D eigenvalue weighted by atomic mass is 32.2. The molecule has 2 aromatic rings. The summed E-state index contributed by atoms with van der Waals surface area (Å²) < 4.78 is 60.4. The van der Waals surface area contributed by atoms with Gasteiger partial charge in [-0.2, -0.15) is 0 Å². The summed E-state index contributed by atoms with van der Waals surface area (Å²) in [6.07, 6.45) is 1.04. The first kappa shape index (κ1) is 22.4. The molecule has 0 amide bonds. The first-order chi connectivity index (χ1) is 14.0. The van der Waals surface area contributed by atoms with E-state index in [2.05, 4.69) is 14.3 Å². The van der Waals surface area contributed by atoms with Crippen LogP contribution in [-0.4, -0.2) is 49.4 Å². The SMILES string of the molecule is Cc1cc(C)c(S(=O)(=O)Nc2cccc(N3CCOCC3)c2)c(C)c1NS(C)(=O)=O. The summed E-state index contributed by atoms with van der Waals surface area (Å²) in [6, 6.07) is 8.88. The number of ether oxygens (including phenoxy) is 1. The number of nitrogens with zero attached hydrogens (tertiary/aromatic N) is 1. The number of benzene rings is 2. The van der Waals surface area contributed by atoms with Crippen molar-refractivity contribution in [2.24, 2.45) is 0 Å². The van der Waals surface area contributed by atoms with Gasteiger partial charge in [-0.05, 0) is 55.7 Å². The second kappa shape index (κ2) is 8.44. The van der Waals surface area contributed by atoms with Crippen molar-refractivity contribution in [3.05, 3.63) is 47.0 Å². The maximum Gasteiger partial charge on any atom is 0.262 e. The molecule has 8 nitrogen and oxygen atoms in total. The fourth-order valence-corrected chi connectivity index (χ4v) is 5.93. The topological polar surface area (TPSA) is 105 Å². The van der Waals surface area contributed by atoms with E-state index in [-0.39, 0.29) is 10.6 Å². The summed E-state index contributed by atoms with van der Waals surface area (Å²) >= 11 is 0. The zero-order valence-electron chi connectivity index (χ0n) is 17.5. The third-order valence-electron chi connectivity index (χ3n) is 4.93. The molecular formula is C20H27N3O5S2. The van der Waals surface area contributed by atoms with Crippen molar-refractivity contribution >= 4 is 37.1 Å². The van der Waals surface area contributed by atoms with E-state index in [4.69, 9.17) is 4.74 Å². The van der Waals surface area contributed by atoms with Crippen LogP contribution in [0.4, 0.5) is 17.1 Å². The third-order valence-corrected chi connectivity index (χ3v) is 7.18. The van der Waals surface area contributed by atoms with E-state index in [0.717, 1.165) is 25.0 Å². The molecule has 30 heavy (non-hydrogen) atoms. The first-order valence-electron chi connectivity index (χ1n) is 9.52. The molecule has 1 saturated heterocycles. The maximum absolute atomic E-state index is 13.2. The zero-order valence-corrected chi connectivity index (χ0v) is 19.2. The Bertz CT molecular complexity index is 1160. The van der Waals surface area contributed by atoms with E-state index in [9.17, 15) is 16.8 Å². The number of sulfonamides is 2. The van der Waals surface area contributed by atoms with Crippen LogP contribution in [-0.2, 0) is 24.8 Å². The smallest absolute Gasteiger partial charge is 0.262 e. The first-order valence-corrected chi connectivity index (χ1v) is 12.9. The van der Waals surface area contributed by atoms with Crippen molar-refractivity contribution < 1.29 is 21.6 Å². The molecule has 0 unspecified atom stereocenters. The van der Waals surface area contributed by atoms with Crippen molar-refractivity contribution in [2.75, 3.05) is 46.9 Å². The Balaban J connectivity index is 1.97. The highest BCUT2D eigenvalue weighted by Crippen LogP contribution is 2.32. The summed E-state index contributed by atoms with van der Waals surface area (Å²) in [6.45, 7) is 7.79. The molecule has 0 bridgehead atoms. The summed E-state index contributed by atoms with van der Waals surface area (Å²) in [5, 5.41) is 0. The van der Waals surface area contributed by atoms with Gasteiger partial charge in [0, 0.05) is 18.8 Å². The molecule has 0 spiro atoms. The van der Waals surface area contributed by atoms with E-state index in [0.29, 0.717) is 35.6 Å². The highest BCUT2D eigenvalue weighted by Gasteiger charge is 2.24. The molecule has 1 heterocycles. The van der Waals surface area contributed by atoms with Gasteiger partial charge < -0.3 is 9.64 Å². The van der Waals surface area contributed by atoms with Crippen LogP contribution in [0.15, 0.2) is 35.2 Å². The molecular weight excluding hydrogens is 426 g/mol. The Morgan fingerprint density at radius 1 is 0.933 bits per heavy atom. The molecule has 0 radical (unpaired) electrons. The van der Waals surface area contributed by atoms with Gasteiger partial charge in [0.1, 0.15) is 0 Å². The number of hydrogen-bond acceptors (Lipinski definition) is 6. The second-order valence-electron chi connectivity index (χ2n) is 7.47. The van der Waals surface area contributed by atoms with Gasteiger partial charge in [-0.25, -0.2) is 16.8 Å². The number of nitrogens with one attached hydrogen (secondary N) is 2. The normalized spacial score (nSPS) is 15.1. The number of rotatable bonds is 6. The summed E-state index contributed by atoms with van der Waals surface area (Å²) in [7, 11) is -7.50. The van der Waals surface area contributed by atoms with Crippen molar-refractivity contribution in [3.8, 4) is 0 Å². The van der Waals surface area contributed by atoms with Crippen molar-refractivity contribution in [1.82, 2.24) is 0 Å². The van der Waals surface area contributed by atoms with Crippen LogP contribution in [0.2, 0.25) is 0 Å². The lowest BCUT2D eigenvalue weighted by atomic mass is 10.1. The van der Waals surface area contributed by atoms with E-state index in [1.807, 2.05) is 6.07 Å². The fourth-order valence-electron chi connectivity index (χ4n) is 3.72. The van der Waals surface area contributed by atoms with Gasteiger partial charge in [0.25, 0.3) is 10.0 Å². The lowest BCUT2D eigenvalue weighted by Crippen LogP contribution is -2.36. The van der Waals surface area contributed by atoms with Crippen LogP contribution >= 0.6 is 0 Å². The Morgan fingerprint density at radius 3 is 2.23 bits per heavy atom. The quantitative estimate of drug-likeness (QED) is 0.697. The lowest BCUT2D eigenvalue weighted by molar-refractivity contribution is 0.122. The van der Waals surface area contributed by atoms with Crippen molar-refractivity contribution in [2.45, 2.75) is 25.7 Å². The molecule has 164 valence electrons. The Morgan fingerprint density at radius 2 is 1.60 bits per heavy atom. The van der Waals surface area contributed by atoms with Crippen LogP contribution in [0.1, 0.15) is 16.7 Å². The summed E-state index contributed by atoms with van der Waals surface area (Å²) in [5.74, 6) is 0. The molecule has 3 rings (SSSR count). The Hall–Kier alpha value is -2.30. The van der Waals surface area contributed by atoms with Gasteiger partial charge in [-0.3, -0.25) is 9.44 Å². The molecule has 0 aromatic heterocycles. The average molecular weight is 454 g/mol. The van der Waals surface area contributed by atoms with Crippen LogP contribution < -0.4 is 14.3 Å². The molecule has 2 aromatic carbocycles. The van der Waals surface area contributed by atoms with Gasteiger partial charge in [0.15, 0.2) is 0 Å². The largest absolute Gasteiger partial charge is 0.378 e. The zero-order chi connectivity index (χ0) is 22.1. The fraction of sp³-hybridized carbons (Fsp3) is 0.400. The Kier molecular flexibility index (Phi) is 6.30. The minimum absolute atomic E-state index is 0.0658. The van der Waals surface area contributed by atoms with Crippen LogP contribution in [0.5, 0.6) is 0 Å². The molecule has 0 aliphatic carbocycles. The van der Waals surface area contributed by atoms with Gasteiger partial charge in [-0.1, -0.05) is 12.1 Å². The van der Waals surface area contributed by atoms with Gasteiger partial charge in [-0.15, -0.1) is 0 Å². The summed E-state index contributed by atoms with van der Waals surface area (Å²) in [5.41, 5.74) is 3.19. The molecule has 1 aliphatic rings. The van der Waals surface area contributed by atoms with Gasteiger partial charge in [0.2, 0.25) is 10.0 Å². The molecule has 0 saturated carbocycles. The molecule has 1 fully saturated rings. The monoisotopic (exact) mass is 453 g/mol. The van der Waals surface area contributed by atoms with Crippen molar-refractivity contribution in [3.63, 3.8) is 0 Å². The summed E-state index contributed by atoms with van der Waals surface area (Å²) in [4.78, 5) is 2.20. The standard InChI is InChI=1S/C20H27N3O5S2/c1-14-12-15(2)20(16(3)19(14)22-29(4,24)25)30(26,27)21-17-6-5-7-18(13-17)23-8-10-28-11-9-23/h5-7,12-13,21-22H,8-11H2,1-4H3. The number of aryl methyl sites for hydroxylation is 2. The minimum atomic E-state index is -3.95. The second-order valence-corrected chi connectivity index (χ2v) is 10.8. The average Bonchev–Trinajstić information content (AvgIpc) is 2.64. The van der Waals surface area contributed by atoms with Gasteiger partial charge in [0.05, 0.1) is 35.7 Å². The lowest BCUT2D eigenvalue weighted by Gasteiger charge is -2.29. The minimum Gasteiger partial charge on any atom is -0.378 e. The molecule has 10 heteroatoms. The predicted molar refractivity (Wildman–Crippen MR) is 119 cm³/mol. The number of anilines is 3. The molecule has 1 aliphatic heterocycles. The molecule has 0 atom stereocenters. The molecule has 2 N–H and O–H groups in total. The highest BCUT2D eigenvalue weighted by molar-refractivity contribution is 7.93. The number of morpholine rings is 1. The van der Waals surface area contributed by atoms with E-state index in [1.165, 1.54) is 0 Å². The van der Waals surface area contributed by atoms with Crippen LogP contribution in [0.25, 0.3) is 0 Å². The Labute approximate surface area is 178 Å². The van der Waals surface area contributed by atoms with E-state index >= 15 is 0 Å².